The molecule has 34 heavy (non-hydrogen) atoms. The highest BCUT2D eigenvalue weighted by atomic mass is 19.1. The molecular weight excluding hydrogens is 428 g/mol. The molecule has 1 aromatic carbocycles. The van der Waals surface area contributed by atoms with Crippen LogP contribution in [-0.4, -0.2) is 41.3 Å². The minimum absolute atomic E-state index is 0.149. The number of halogens is 1. The molecule has 2 aromatic rings. The van der Waals surface area contributed by atoms with Crippen molar-refractivity contribution < 1.29 is 14.3 Å². The van der Waals surface area contributed by atoms with E-state index in [9.17, 15) is 14.3 Å². The Hall–Kier alpha value is -2.25. The van der Waals surface area contributed by atoms with E-state index in [1.165, 1.54) is 12.1 Å². The highest BCUT2D eigenvalue weighted by molar-refractivity contribution is 6.08. The first-order valence-electron chi connectivity index (χ1n) is 12.6. The number of aliphatic hydroxyl groups is 1. The van der Waals surface area contributed by atoms with Crippen LogP contribution in [0.5, 0.6) is 0 Å². The van der Waals surface area contributed by atoms with Gasteiger partial charge in [-0.1, -0.05) is 25.4 Å². The molecule has 0 fully saturated rings. The minimum Gasteiger partial charge on any atom is -0.390 e. The third-order valence-corrected chi connectivity index (χ3v) is 7.32. The average Bonchev–Trinajstić information content (AvgIpc) is 3.09. The van der Waals surface area contributed by atoms with E-state index in [2.05, 4.69) is 33.1 Å². The van der Waals surface area contributed by atoms with Gasteiger partial charge in [0, 0.05) is 19.0 Å². The van der Waals surface area contributed by atoms with Gasteiger partial charge in [-0.15, -0.1) is 0 Å². The normalized spacial score (nSPS) is 16.4. The molecule has 2 N–H and O–H groups in total. The molecule has 0 unspecified atom stereocenters. The Kier molecular flexibility index (Phi) is 8.88. The van der Waals surface area contributed by atoms with Gasteiger partial charge in [0.15, 0.2) is 0 Å². The van der Waals surface area contributed by atoms with Crippen LogP contribution in [0.15, 0.2) is 30.3 Å². The highest BCUT2D eigenvalue weighted by Crippen LogP contribution is 2.39. The number of aromatic nitrogens is 1. The fraction of sp³-hybridized carbons (Fsp3) is 0.556. The highest BCUT2D eigenvalue weighted by Gasteiger charge is 2.42. The topological polar surface area (TPSA) is 65.5 Å². The SMILES string of the molecule is BC[C@H](CCC(=O)N1Cc2cc(Cc3ccc(F)cc3)c(CO)nc2C1(C)C)CN[C@H](C)CC. The number of rotatable bonds is 11. The van der Waals surface area contributed by atoms with Gasteiger partial charge in [-0.3, -0.25) is 9.78 Å². The number of carbonyl (C=O) groups excluding carboxylic acids is 1. The summed E-state index contributed by atoms with van der Waals surface area (Å²) in [5, 5.41) is 13.6. The fourth-order valence-corrected chi connectivity index (χ4v) is 4.72. The summed E-state index contributed by atoms with van der Waals surface area (Å²) in [5.41, 5.74) is 3.85. The van der Waals surface area contributed by atoms with Crippen LogP contribution >= 0.6 is 0 Å². The van der Waals surface area contributed by atoms with Crippen molar-refractivity contribution in [1.82, 2.24) is 15.2 Å². The molecule has 0 bridgehead atoms. The maximum absolute atomic E-state index is 13.3. The third-order valence-electron chi connectivity index (χ3n) is 7.32. The second-order valence-electron chi connectivity index (χ2n) is 10.1. The third kappa shape index (κ3) is 6.05. The number of benzene rings is 1. The van der Waals surface area contributed by atoms with Crippen LogP contribution in [-0.2, 0) is 29.9 Å². The number of hydrogen-bond acceptors (Lipinski definition) is 4. The molecule has 184 valence electrons. The Labute approximate surface area is 204 Å². The molecule has 2 heterocycles. The molecular formula is C27H39BFN3O2. The lowest BCUT2D eigenvalue weighted by atomic mass is 9.87. The largest absolute Gasteiger partial charge is 0.390 e. The van der Waals surface area contributed by atoms with E-state index in [1.807, 2.05) is 18.7 Å². The number of carbonyl (C=O) groups is 1. The van der Waals surface area contributed by atoms with E-state index in [1.54, 1.807) is 12.1 Å². The molecule has 0 spiro atoms. The van der Waals surface area contributed by atoms with Crippen molar-refractivity contribution >= 4 is 13.8 Å². The zero-order valence-electron chi connectivity index (χ0n) is 21.3. The number of nitrogens with one attached hydrogen (secondary N) is 1. The lowest BCUT2D eigenvalue weighted by Crippen LogP contribution is -2.41. The van der Waals surface area contributed by atoms with E-state index >= 15 is 0 Å². The molecule has 0 saturated carbocycles. The minimum atomic E-state index is -0.526. The van der Waals surface area contributed by atoms with Crippen molar-refractivity contribution in [3.8, 4) is 0 Å². The first-order valence-corrected chi connectivity index (χ1v) is 12.6. The monoisotopic (exact) mass is 467 g/mol. The van der Waals surface area contributed by atoms with Crippen molar-refractivity contribution in [2.75, 3.05) is 6.54 Å². The van der Waals surface area contributed by atoms with Crippen LogP contribution in [0, 0.1) is 11.7 Å². The molecule has 0 saturated heterocycles. The molecule has 1 amide bonds. The Morgan fingerprint density at radius 3 is 2.65 bits per heavy atom. The van der Waals surface area contributed by atoms with E-state index in [0.29, 0.717) is 37.0 Å². The van der Waals surface area contributed by atoms with Crippen LogP contribution in [0.1, 0.15) is 75.0 Å². The molecule has 5 nitrogen and oxygen atoms in total. The van der Waals surface area contributed by atoms with Crippen molar-refractivity contribution in [2.24, 2.45) is 5.92 Å². The number of nitrogens with zero attached hydrogens (tertiary/aromatic N) is 2. The van der Waals surface area contributed by atoms with E-state index in [4.69, 9.17) is 4.98 Å². The second-order valence-corrected chi connectivity index (χ2v) is 10.1. The predicted molar refractivity (Wildman–Crippen MR) is 137 cm³/mol. The molecule has 2 atom stereocenters. The zero-order valence-corrected chi connectivity index (χ0v) is 21.3. The quantitative estimate of drug-likeness (QED) is 0.495. The fourth-order valence-electron chi connectivity index (χ4n) is 4.72. The molecule has 0 radical (unpaired) electrons. The number of amides is 1. The maximum Gasteiger partial charge on any atom is 0.223 e. The maximum atomic E-state index is 13.3. The van der Waals surface area contributed by atoms with Crippen molar-refractivity contribution in [2.45, 2.75) is 84.4 Å². The van der Waals surface area contributed by atoms with Gasteiger partial charge in [-0.05, 0) is 87.4 Å². The van der Waals surface area contributed by atoms with Gasteiger partial charge in [0.25, 0.3) is 0 Å². The number of pyridine rings is 1. The summed E-state index contributed by atoms with van der Waals surface area (Å²) in [4.78, 5) is 20.0. The van der Waals surface area contributed by atoms with Crippen LogP contribution in [0.25, 0.3) is 0 Å². The van der Waals surface area contributed by atoms with Crippen LogP contribution in [0.3, 0.4) is 0 Å². The van der Waals surface area contributed by atoms with E-state index in [-0.39, 0.29) is 18.3 Å². The summed E-state index contributed by atoms with van der Waals surface area (Å²) in [5.74, 6) is 0.359. The molecule has 7 heteroatoms. The van der Waals surface area contributed by atoms with Gasteiger partial charge in [0.2, 0.25) is 5.91 Å². The van der Waals surface area contributed by atoms with Crippen molar-refractivity contribution in [3.05, 3.63) is 64.2 Å². The average molecular weight is 467 g/mol. The first kappa shape index (κ1) is 26.4. The van der Waals surface area contributed by atoms with Crippen molar-refractivity contribution in [1.29, 1.82) is 0 Å². The smallest absolute Gasteiger partial charge is 0.223 e. The van der Waals surface area contributed by atoms with Gasteiger partial charge in [0.1, 0.15) is 13.7 Å². The Balaban J connectivity index is 1.72. The first-order chi connectivity index (χ1) is 16.2. The summed E-state index contributed by atoms with van der Waals surface area (Å²) >= 11 is 0. The Bertz CT molecular complexity index is 981. The van der Waals surface area contributed by atoms with Gasteiger partial charge < -0.3 is 15.3 Å². The van der Waals surface area contributed by atoms with E-state index in [0.717, 1.165) is 48.1 Å². The van der Waals surface area contributed by atoms with Gasteiger partial charge in [-0.25, -0.2) is 4.39 Å². The molecule has 3 rings (SSSR count). The predicted octanol–water partition coefficient (Wildman–Crippen LogP) is 3.72. The van der Waals surface area contributed by atoms with Crippen LogP contribution < -0.4 is 5.32 Å². The van der Waals surface area contributed by atoms with Gasteiger partial charge in [0.05, 0.1) is 23.5 Å². The summed E-state index contributed by atoms with van der Waals surface area (Å²) < 4.78 is 13.3. The van der Waals surface area contributed by atoms with Gasteiger partial charge >= 0.3 is 0 Å². The molecule has 1 aromatic heterocycles. The van der Waals surface area contributed by atoms with Crippen LogP contribution in [0.2, 0.25) is 6.32 Å². The lowest BCUT2D eigenvalue weighted by Gasteiger charge is -2.32. The summed E-state index contributed by atoms with van der Waals surface area (Å²) in [6.07, 6.45) is 4.10. The lowest BCUT2D eigenvalue weighted by molar-refractivity contribution is -0.137. The summed E-state index contributed by atoms with van der Waals surface area (Å²) in [6, 6.07) is 8.96. The zero-order chi connectivity index (χ0) is 24.9. The molecule has 1 aliphatic heterocycles. The second kappa shape index (κ2) is 11.5. The number of hydrogen-bond donors (Lipinski definition) is 2. The van der Waals surface area contributed by atoms with Gasteiger partial charge in [-0.2, -0.15) is 0 Å². The standard InChI is InChI=1S/C27H39BFN3O2/c1-5-18(2)30-15-20(14-28)8-11-25(34)32-16-22-13-21(12-19-6-9-23(29)10-7-19)24(17-33)31-26(22)27(32,3)4/h6-7,9-10,13,18,20,30,33H,5,8,11-12,14-17,28H2,1-4H3/t18-,20+/m1/s1. The van der Waals surface area contributed by atoms with E-state index < -0.39 is 5.54 Å². The number of aliphatic hydroxyl groups excluding tert-OH is 1. The Morgan fingerprint density at radius 2 is 2.03 bits per heavy atom. The molecule has 0 aliphatic carbocycles. The summed E-state index contributed by atoms with van der Waals surface area (Å²) in [6.45, 7) is 9.74. The summed E-state index contributed by atoms with van der Waals surface area (Å²) in [7, 11) is 2.19. The van der Waals surface area contributed by atoms with Crippen molar-refractivity contribution in [3.63, 3.8) is 0 Å². The number of fused-ring (bicyclic) bond motifs is 1. The Morgan fingerprint density at radius 1 is 1.32 bits per heavy atom. The van der Waals surface area contributed by atoms with Crippen LogP contribution in [0.4, 0.5) is 4.39 Å². The molecule has 1 aliphatic rings.